The van der Waals surface area contributed by atoms with E-state index in [1.165, 1.54) is 16.3 Å². The Morgan fingerprint density at radius 1 is 1.00 bits per heavy atom. The summed E-state index contributed by atoms with van der Waals surface area (Å²) in [5.74, 6) is 0.858. The zero-order valence-corrected chi connectivity index (χ0v) is 10.5. The number of nitrogens with zero attached hydrogens (tertiary/aromatic N) is 3. The monoisotopic (exact) mass is 250 g/mol. The lowest BCUT2D eigenvalue weighted by molar-refractivity contribution is 1.01. The van der Waals surface area contributed by atoms with E-state index in [9.17, 15) is 0 Å². The molecule has 2 heterocycles. The van der Waals surface area contributed by atoms with Gasteiger partial charge in [0.15, 0.2) is 0 Å². The van der Waals surface area contributed by atoms with Crippen molar-refractivity contribution in [3.63, 3.8) is 0 Å². The molecule has 0 aliphatic rings. The Balaban J connectivity index is 1.72. The maximum atomic E-state index is 4.15. The van der Waals surface area contributed by atoms with Crippen LogP contribution in [0.3, 0.4) is 0 Å². The molecule has 0 fully saturated rings. The molecule has 0 saturated carbocycles. The highest BCUT2D eigenvalue weighted by atomic mass is 15.0. The molecule has 0 radical (unpaired) electrons. The van der Waals surface area contributed by atoms with Crippen LogP contribution in [0.1, 0.15) is 5.56 Å². The first kappa shape index (κ1) is 11.6. The standard InChI is InChI=1S/C15H14N4/c1-2-12(14-5-7-16-10-13(14)3-1)4-9-18-15-6-8-17-11-19-15/h1-3,5-8,10-11H,4,9H2,(H,17,18,19). The van der Waals surface area contributed by atoms with Crippen molar-refractivity contribution in [1.82, 2.24) is 15.0 Å². The van der Waals surface area contributed by atoms with Crippen molar-refractivity contribution < 1.29 is 0 Å². The van der Waals surface area contributed by atoms with E-state index in [2.05, 4.69) is 44.5 Å². The zero-order chi connectivity index (χ0) is 12.9. The quantitative estimate of drug-likeness (QED) is 0.773. The molecule has 0 atom stereocenters. The van der Waals surface area contributed by atoms with Gasteiger partial charge in [0.1, 0.15) is 12.1 Å². The molecule has 0 saturated heterocycles. The van der Waals surface area contributed by atoms with Crippen LogP contribution < -0.4 is 5.32 Å². The number of anilines is 1. The van der Waals surface area contributed by atoms with Crippen molar-refractivity contribution in [3.05, 3.63) is 60.8 Å². The molecule has 0 aliphatic carbocycles. The van der Waals surface area contributed by atoms with E-state index in [1.807, 2.05) is 18.5 Å². The van der Waals surface area contributed by atoms with Crippen molar-refractivity contribution in [2.24, 2.45) is 0 Å². The smallest absolute Gasteiger partial charge is 0.129 e. The van der Waals surface area contributed by atoms with E-state index >= 15 is 0 Å². The third kappa shape index (κ3) is 2.68. The van der Waals surface area contributed by atoms with Gasteiger partial charge in [0, 0.05) is 30.5 Å². The van der Waals surface area contributed by atoms with Gasteiger partial charge in [0.2, 0.25) is 0 Å². The summed E-state index contributed by atoms with van der Waals surface area (Å²) < 4.78 is 0. The van der Waals surface area contributed by atoms with Crippen LogP contribution in [0.4, 0.5) is 5.82 Å². The van der Waals surface area contributed by atoms with E-state index in [-0.39, 0.29) is 0 Å². The van der Waals surface area contributed by atoms with Gasteiger partial charge in [-0.1, -0.05) is 18.2 Å². The topological polar surface area (TPSA) is 50.7 Å². The van der Waals surface area contributed by atoms with Crippen molar-refractivity contribution in [1.29, 1.82) is 0 Å². The summed E-state index contributed by atoms with van der Waals surface area (Å²) in [5, 5.41) is 5.74. The van der Waals surface area contributed by atoms with Gasteiger partial charge in [-0.25, -0.2) is 9.97 Å². The summed E-state index contributed by atoms with van der Waals surface area (Å²) in [7, 11) is 0. The highest BCUT2D eigenvalue weighted by Gasteiger charge is 2.00. The Morgan fingerprint density at radius 2 is 1.95 bits per heavy atom. The van der Waals surface area contributed by atoms with E-state index in [0.29, 0.717) is 0 Å². The van der Waals surface area contributed by atoms with Crippen molar-refractivity contribution in [2.45, 2.75) is 6.42 Å². The highest BCUT2D eigenvalue weighted by Crippen LogP contribution is 2.17. The number of rotatable bonds is 4. The van der Waals surface area contributed by atoms with Gasteiger partial charge >= 0.3 is 0 Å². The average Bonchev–Trinajstić information content (AvgIpc) is 2.49. The first-order valence-corrected chi connectivity index (χ1v) is 6.25. The summed E-state index contributed by atoms with van der Waals surface area (Å²) in [6.07, 6.45) is 7.97. The summed E-state index contributed by atoms with van der Waals surface area (Å²) in [6, 6.07) is 10.3. The summed E-state index contributed by atoms with van der Waals surface area (Å²) >= 11 is 0. The second-order valence-electron chi connectivity index (χ2n) is 4.29. The zero-order valence-electron chi connectivity index (χ0n) is 10.5. The number of hydrogen-bond donors (Lipinski definition) is 1. The number of benzene rings is 1. The van der Waals surface area contributed by atoms with Gasteiger partial charge in [0.05, 0.1) is 0 Å². The fraction of sp³-hybridized carbons (Fsp3) is 0.133. The Hall–Kier alpha value is -2.49. The Morgan fingerprint density at radius 3 is 2.84 bits per heavy atom. The fourth-order valence-electron chi connectivity index (χ4n) is 2.13. The van der Waals surface area contributed by atoms with Crippen molar-refractivity contribution in [3.8, 4) is 0 Å². The third-order valence-corrected chi connectivity index (χ3v) is 3.05. The van der Waals surface area contributed by atoms with E-state index in [0.717, 1.165) is 18.8 Å². The van der Waals surface area contributed by atoms with E-state index in [4.69, 9.17) is 0 Å². The first-order chi connectivity index (χ1) is 9.43. The summed E-state index contributed by atoms with van der Waals surface area (Å²) in [5.41, 5.74) is 1.32. The average molecular weight is 250 g/mol. The van der Waals surface area contributed by atoms with Gasteiger partial charge in [-0.2, -0.15) is 0 Å². The predicted molar refractivity (Wildman–Crippen MR) is 76.0 cm³/mol. The summed E-state index contributed by atoms with van der Waals surface area (Å²) in [4.78, 5) is 12.2. The molecule has 94 valence electrons. The number of hydrogen-bond acceptors (Lipinski definition) is 4. The fourth-order valence-corrected chi connectivity index (χ4v) is 2.13. The number of pyridine rings is 1. The maximum Gasteiger partial charge on any atom is 0.129 e. The lowest BCUT2D eigenvalue weighted by Gasteiger charge is -2.07. The molecule has 0 aliphatic heterocycles. The molecule has 1 aromatic carbocycles. The number of nitrogens with one attached hydrogen (secondary N) is 1. The molecule has 4 heteroatoms. The van der Waals surface area contributed by atoms with Crippen molar-refractivity contribution >= 4 is 16.6 Å². The first-order valence-electron chi connectivity index (χ1n) is 6.25. The Kier molecular flexibility index (Phi) is 3.32. The second kappa shape index (κ2) is 5.44. The van der Waals surface area contributed by atoms with Crippen LogP contribution in [0.15, 0.2) is 55.2 Å². The maximum absolute atomic E-state index is 4.15. The van der Waals surface area contributed by atoms with Crippen LogP contribution in [0.5, 0.6) is 0 Å². The molecule has 2 aromatic heterocycles. The third-order valence-electron chi connectivity index (χ3n) is 3.05. The molecule has 3 rings (SSSR count). The van der Waals surface area contributed by atoms with Crippen LogP contribution >= 0.6 is 0 Å². The van der Waals surface area contributed by atoms with Gasteiger partial charge in [-0.15, -0.1) is 0 Å². The van der Waals surface area contributed by atoms with Gasteiger partial charge in [0.25, 0.3) is 0 Å². The van der Waals surface area contributed by atoms with Crippen LogP contribution in [-0.4, -0.2) is 21.5 Å². The SMILES string of the molecule is c1cc(CCNc2ccncn2)c2ccncc2c1. The van der Waals surface area contributed by atoms with E-state index in [1.54, 1.807) is 12.5 Å². The largest absolute Gasteiger partial charge is 0.370 e. The number of aromatic nitrogens is 3. The Labute approximate surface area is 111 Å². The minimum Gasteiger partial charge on any atom is -0.370 e. The Bertz CT molecular complexity index is 662. The normalized spacial score (nSPS) is 10.5. The molecule has 1 N–H and O–H groups in total. The minimum absolute atomic E-state index is 0.846. The van der Waals surface area contributed by atoms with Crippen LogP contribution in [0.25, 0.3) is 10.8 Å². The van der Waals surface area contributed by atoms with Crippen LogP contribution in [-0.2, 0) is 6.42 Å². The summed E-state index contributed by atoms with van der Waals surface area (Å²) in [6.45, 7) is 0.846. The molecular formula is C15H14N4. The predicted octanol–water partition coefficient (Wildman–Crippen LogP) is 2.68. The molecule has 19 heavy (non-hydrogen) atoms. The number of fused-ring (bicyclic) bond motifs is 1. The lowest BCUT2D eigenvalue weighted by Crippen LogP contribution is -2.06. The van der Waals surface area contributed by atoms with Gasteiger partial charge < -0.3 is 5.32 Å². The molecule has 0 spiro atoms. The molecule has 0 bridgehead atoms. The molecule has 4 nitrogen and oxygen atoms in total. The lowest BCUT2D eigenvalue weighted by atomic mass is 10.0. The van der Waals surface area contributed by atoms with Crippen LogP contribution in [0.2, 0.25) is 0 Å². The van der Waals surface area contributed by atoms with E-state index < -0.39 is 0 Å². The molecule has 3 aromatic rings. The molecule has 0 amide bonds. The highest BCUT2D eigenvalue weighted by molar-refractivity contribution is 5.84. The second-order valence-corrected chi connectivity index (χ2v) is 4.29. The molecular weight excluding hydrogens is 236 g/mol. The van der Waals surface area contributed by atoms with Crippen molar-refractivity contribution in [2.75, 3.05) is 11.9 Å². The van der Waals surface area contributed by atoms with Gasteiger partial charge in [-0.3, -0.25) is 4.98 Å². The van der Waals surface area contributed by atoms with Gasteiger partial charge in [-0.05, 0) is 29.5 Å². The molecule has 0 unspecified atom stereocenters. The minimum atomic E-state index is 0.846. The van der Waals surface area contributed by atoms with Crippen LogP contribution in [0, 0.1) is 0 Å².